The van der Waals surface area contributed by atoms with E-state index in [1.54, 1.807) is 0 Å². The molecule has 20 nitrogen and oxygen atoms in total. The second kappa shape index (κ2) is 13.8. The molecule has 1 rings (SSSR count). The summed E-state index contributed by atoms with van der Waals surface area (Å²) in [6.07, 6.45) is -16.4. The molecule has 0 aliphatic heterocycles. The summed E-state index contributed by atoms with van der Waals surface area (Å²) in [5, 5.41) is 0. The van der Waals surface area contributed by atoms with Crippen LogP contribution in [0.1, 0.15) is 39.5 Å². The van der Waals surface area contributed by atoms with Crippen molar-refractivity contribution in [1.29, 1.82) is 0 Å². The first-order chi connectivity index (χ1) is 17.1. The second-order valence-electron chi connectivity index (χ2n) is 7.65. The maximum Gasteiger partial charge on any atom is 0.470 e. The molecule has 224 valence electrons. The highest BCUT2D eigenvalue weighted by molar-refractivity contribution is 7.47. The van der Waals surface area contributed by atoms with Crippen molar-refractivity contribution in [2.45, 2.75) is 76.2 Å². The fourth-order valence-electron chi connectivity index (χ4n) is 3.33. The first-order valence-electron chi connectivity index (χ1n) is 10.4. The van der Waals surface area contributed by atoms with Crippen molar-refractivity contribution in [3.63, 3.8) is 0 Å². The fourth-order valence-corrected chi connectivity index (χ4v) is 5.56. The van der Waals surface area contributed by atoms with E-state index >= 15 is 0 Å². The summed E-state index contributed by atoms with van der Waals surface area (Å²) >= 11 is 0. The van der Waals surface area contributed by atoms with Gasteiger partial charge >= 0.3 is 43.2 Å². The number of phosphoric acid groups is 4. The molecule has 6 atom stereocenters. The Morgan fingerprint density at radius 1 is 0.500 bits per heavy atom. The van der Waals surface area contributed by atoms with Crippen LogP contribution in [-0.4, -0.2) is 87.7 Å². The van der Waals surface area contributed by atoms with Crippen LogP contribution in [0.3, 0.4) is 0 Å². The van der Waals surface area contributed by atoms with Gasteiger partial charge in [0, 0.05) is 12.8 Å². The van der Waals surface area contributed by atoms with Crippen molar-refractivity contribution in [3.05, 3.63) is 0 Å². The molecule has 38 heavy (non-hydrogen) atoms. The molecule has 0 bridgehead atoms. The van der Waals surface area contributed by atoms with Crippen LogP contribution in [0, 0.1) is 0 Å². The van der Waals surface area contributed by atoms with E-state index in [1.165, 1.54) is 13.8 Å². The third-order valence-electron chi connectivity index (χ3n) is 4.42. The third kappa shape index (κ3) is 12.7. The number of carbonyl (C=O) groups excluding carboxylic acids is 2. The van der Waals surface area contributed by atoms with Gasteiger partial charge in [0.25, 0.3) is 0 Å². The average molecular weight is 640 g/mol. The van der Waals surface area contributed by atoms with E-state index < -0.39 is 92.7 Å². The van der Waals surface area contributed by atoms with Gasteiger partial charge in [0.15, 0.2) is 12.2 Å². The Labute approximate surface area is 214 Å². The van der Waals surface area contributed by atoms with Crippen LogP contribution in [0.15, 0.2) is 0 Å². The molecular weight excluding hydrogens is 612 g/mol. The molecular formula is C14H28O20P4. The highest BCUT2D eigenvalue weighted by Crippen LogP contribution is 2.53. The molecule has 0 radical (unpaired) electrons. The molecule has 0 spiro atoms. The monoisotopic (exact) mass is 640 g/mol. The minimum absolute atomic E-state index is 0.0850. The van der Waals surface area contributed by atoms with Gasteiger partial charge in [0.1, 0.15) is 24.4 Å². The summed E-state index contributed by atoms with van der Waals surface area (Å²) < 4.78 is 74.7. The smallest absolute Gasteiger partial charge is 0.457 e. The zero-order chi connectivity index (χ0) is 29.7. The van der Waals surface area contributed by atoms with Gasteiger partial charge in [-0.3, -0.25) is 27.7 Å². The van der Waals surface area contributed by atoms with Gasteiger partial charge in [0.05, 0.1) is 0 Å². The predicted octanol–water partition coefficient (Wildman–Crippen LogP) is -0.665. The Kier molecular flexibility index (Phi) is 12.9. The average Bonchev–Trinajstić information content (AvgIpc) is 2.66. The van der Waals surface area contributed by atoms with Crippen LogP contribution in [0.4, 0.5) is 0 Å². The first-order valence-corrected chi connectivity index (χ1v) is 16.5. The third-order valence-corrected chi connectivity index (χ3v) is 6.49. The molecule has 0 saturated heterocycles. The van der Waals surface area contributed by atoms with E-state index in [0.717, 1.165) is 0 Å². The van der Waals surface area contributed by atoms with E-state index in [0.29, 0.717) is 0 Å². The molecule has 1 saturated carbocycles. The van der Waals surface area contributed by atoms with Gasteiger partial charge in [0.2, 0.25) is 0 Å². The van der Waals surface area contributed by atoms with Crippen LogP contribution in [0.5, 0.6) is 0 Å². The van der Waals surface area contributed by atoms with E-state index in [1.807, 2.05) is 0 Å². The van der Waals surface area contributed by atoms with Gasteiger partial charge in [-0.2, -0.15) is 0 Å². The lowest BCUT2D eigenvalue weighted by Crippen LogP contribution is -2.67. The van der Waals surface area contributed by atoms with Gasteiger partial charge in [-0.25, -0.2) is 18.3 Å². The summed E-state index contributed by atoms with van der Waals surface area (Å²) in [6, 6.07) is 0. The van der Waals surface area contributed by atoms with E-state index in [-0.39, 0.29) is 12.8 Å². The van der Waals surface area contributed by atoms with Crippen LogP contribution >= 0.6 is 31.3 Å². The highest BCUT2D eigenvalue weighted by Gasteiger charge is 2.62. The van der Waals surface area contributed by atoms with Crippen LogP contribution < -0.4 is 0 Å². The largest absolute Gasteiger partial charge is 0.470 e. The lowest BCUT2D eigenvalue weighted by Gasteiger charge is -2.47. The highest BCUT2D eigenvalue weighted by atomic mass is 31.2. The Morgan fingerprint density at radius 2 is 0.711 bits per heavy atom. The molecule has 0 aromatic heterocycles. The quantitative estimate of drug-likeness (QED) is 0.0862. The van der Waals surface area contributed by atoms with Crippen molar-refractivity contribution < 1.29 is 94.6 Å². The molecule has 24 heteroatoms. The van der Waals surface area contributed by atoms with Crippen molar-refractivity contribution >= 4 is 43.2 Å². The minimum Gasteiger partial charge on any atom is -0.457 e. The lowest BCUT2D eigenvalue weighted by atomic mass is 9.84. The molecule has 0 amide bonds. The van der Waals surface area contributed by atoms with E-state index in [4.69, 9.17) is 9.47 Å². The van der Waals surface area contributed by atoms with Gasteiger partial charge in [-0.15, -0.1) is 0 Å². The summed E-state index contributed by atoms with van der Waals surface area (Å²) in [5.41, 5.74) is 0. The molecule has 1 fully saturated rings. The zero-order valence-corrected chi connectivity index (χ0v) is 23.1. The molecule has 0 heterocycles. The number of hydrogen-bond donors (Lipinski definition) is 8. The van der Waals surface area contributed by atoms with Crippen molar-refractivity contribution in [2.24, 2.45) is 0 Å². The van der Waals surface area contributed by atoms with E-state index in [9.17, 15) is 67.0 Å². The Balaban J connectivity index is 3.97. The topological polar surface area (TPSA) is 320 Å². The maximum absolute atomic E-state index is 12.3. The Morgan fingerprint density at radius 3 is 0.868 bits per heavy atom. The number of esters is 2. The molecule has 0 aromatic rings. The van der Waals surface area contributed by atoms with E-state index in [2.05, 4.69) is 18.1 Å². The van der Waals surface area contributed by atoms with Crippen LogP contribution in [0.2, 0.25) is 0 Å². The Bertz CT molecular complexity index is 867. The number of carbonyl (C=O) groups is 2. The molecule has 1 aliphatic carbocycles. The Hall–Kier alpha value is -0.620. The summed E-state index contributed by atoms with van der Waals surface area (Å²) in [4.78, 5) is 99.8. The van der Waals surface area contributed by atoms with Crippen molar-refractivity contribution in [3.8, 4) is 0 Å². The van der Waals surface area contributed by atoms with Crippen LogP contribution in [-0.2, 0) is 55.4 Å². The molecule has 0 unspecified atom stereocenters. The zero-order valence-electron chi connectivity index (χ0n) is 19.6. The number of rotatable bonds is 14. The summed E-state index contributed by atoms with van der Waals surface area (Å²) in [6.45, 7) is 2.94. The number of ether oxygens (including phenoxy) is 2. The van der Waals surface area contributed by atoms with Gasteiger partial charge in [-0.05, 0) is 12.8 Å². The predicted molar refractivity (Wildman–Crippen MR) is 117 cm³/mol. The fraction of sp³-hybridized carbons (Fsp3) is 0.857. The van der Waals surface area contributed by atoms with Crippen LogP contribution in [0.25, 0.3) is 0 Å². The molecule has 8 N–H and O–H groups in total. The number of hydrogen-bond acceptors (Lipinski definition) is 12. The summed E-state index contributed by atoms with van der Waals surface area (Å²) in [5.74, 6) is -2.50. The van der Waals surface area contributed by atoms with Gasteiger partial charge < -0.3 is 48.6 Å². The molecule has 0 aromatic carbocycles. The standard InChI is InChI=1S/C14H28O20P4/c1-3-5-7(15)29-9-11(31-35(17,18)19)13(33-37(23,24)25)10(30-8(16)6-4-2)14(34-38(26,27)28)12(9)32-36(20,21)22/h9-14H,3-6H2,1-2H3,(H2,17,18,19)(H2,20,21,22)(H2,23,24,25)(H2,26,27,28)/t9-,10-,11-,12-,13-,14+/m0/s1. The van der Waals surface area contributed by atoms with Crippen molar-refractivity contribution in [1.82, 2.24) is 0 Å². The first kappa shape index (κ1) is 35.4. The molecule has 1 aliphatic rings. The lowest BCUT2D eigenvalue weighted by molar-refractivity contribution is -0.230. The normalized spacial score (nSPS) is 27.1. The summed E-state index contributed by atoms with van der Waals surface area (Å²) in [7, 11) is -23.0. The maximum atomic E-state index is 12.3. The SMILES string of the molecule is CCCC(=O)O[C@@H]1[C@@H](OP(=O)(O)O)[C@@H](OP(=O)(O)O)[C@@H](OC(=O)CCC)[C@H](OP(=O)(O)O)[C@H]1OP(=O)(O)O. The minimum atomic E-state index is -5.75. The van der Waals surface area contributed by atoms with Gasteiger partial charge in [-0.1, -0.05) is 13.8 Å². The second-order valence-corrected chi connectivity index (χ2v) is 12.4. The number of phosphoric ester groups is 4. The van der Waals surface area contributed by atoms with Crippen molar-refractivity contribution in [2.75, 3.05) is 0 Å².